The minimum Gasteiger partial charge on any atom is -0.301 e. The van der Waals surface area contributed by atoms with E-state index in [0.717, 1.165) is 32.0 Å². The van der Waals surface area contributed by atoms with Crippen LogP contribution in [0.3, 0.4) is 0 Å². The van der Waals surface area contributed by atoms with Crippen molar-refractivity contribution in [2.45, 2.75) is 65.5 Å². The summed E-state index contributed by atoms with van der Waals surface area (Å²) < 4.78 is 0. The summed E-state index contributed by atoms with van der Waals surface area (Å²) in [4.78, 5) is 5.13. The summed E-state index contributed by atoms with van der Waals surface area (Å²) >= 11 is 0. The standard InChI is InChI=1S/C18H33N3/c1-6-16-13-21(10-9-20(16)5)17-11-15(18(2,3)4)8-7-14(17)12-19/h14-17H,6-11,13H2,1-5H3. The molecule has 0 aromatic rings. The van der Waals surface area contributed by atoms with Crippen LogP contribution in [-0.2, 0) is 0 Å². The molecule has 3 nitrogen and oxygen atoms in total. The molecule has 1 aliphatic carbocycles. The van der Waals surface area contributed by atoms with Gasteiger partial charge in [-0.3, -0.25) is 4.90 Å². The minimum atomic E-state index is 0.240. The van der Waals surface area contributed by atoms with Crippen molar-refractivity contribution < 1.29 is 0 Å². The lowest BCUT2D eigenvalue weighted by Gasteiger charge is -2.48. The van der Waals surface area contributed by atoms with Gasteiger partial charge in [-0.2, -0.15) is 5.26 Å². The predicted octanol–water partition coefficient (Wildman–Crippen LogP) is 3.37. The lowest BCUT2D eigenvalue weighted by Crippen LogP contribution is -2.57. The summed E-state index contributed by atoms with van der Waals surface area (Å²) in [6.07, 6.45) is 4.73. The van der Waals surface area contributed by atoms with E-state index in [4.69, 9.17) is 0 Å². The molecule has 4 unspecified atom stereocenters. The zero-order chi connectivity index (χ0) is 15.6. The van der Waals surface area contributed by atoms with Gasteiger partial charge >= 0.3 is 0 Å². The van der Waals surface area contributed by atoms with Crippen LogP contribution in [-0.4, -0.2) is 48.6 Å². The second-order valence-corrected chi connectivity index (χ2v) is 8.22. The van der Waals surface area contributed by atoms with Gasteiger partial charge in [0, 0.05) is 31.7 Å². The van der Waals surface area contributed by atoms with E-state index in [1.54, 1.807) is 0 Å². The summed E-state index contributed by atoms with van der Waals surface area (Å²) in [5, 5.41) is 9.57. The van der Waals surface area contributed by atoms with E-state index < -0.39 is 0 Å². The molecule has 1 aliphatic heterocycles. The summed E-state index contributed by atoms with van der Waals surface area (Å²) in [6, 6.07) is 3.75. The minimum absolute atomic E-state index is 0.240. The van der Waals surface area contributed by atoms with Gasteiger partial charge in [0.05, 0.1) is 12.0 Å². The van der Waals surface area contributed by atoms with Crippen LogP contribution in [0.1, 0.15) is 53.4 Å². The van der Waals surface area contributed by atoms with Gasteiger partial charge in [-0.05, 0) is 44.1 Å². The highest BCUT2D eigenvalue weighted by Crippen LogP contribution is 2.41. The van der Waals surface area contributed by atoms with E-state index in [-0.39, 0.29) is 5.92 Å². The molecule has 0 aromatic carbocycles. The highest BCUT2D eigenvalue weighted by Gasteiger charge is 2.40. The molecule has 1 saturated carbocycles. The van der Waals surface area contributed by atoms with Crippen LogP contribution in [0, 0.1) is 28.6 Å². The molecule has 1 heterocycles. The molecule has 0 amide bonds. The second-order valence-electron chi connectivity index (χ2n) is 8.22. The number of nitrogens with zero attached hydrogens (tertiary/aromatic N) is 3. The largest absolute Gasteiger partial charge is 0.301 e. The van der Waals surface area contributed by atoms with Crippen LogP contribution >= 0.6 is 0 Å². The Kier molecular flexibility index (Phi) is 5.33. The first-order valence-electron chi connectivity index (χ1n) is 8.70. The zero-order valence-corrected chi connectivity index (χ0v) is 14.6. The molecular formula is C18H33N3. The summed E-state index contributed by atoms with van der Waals surface area (Å²) in [6.45, 7) is 12.8. The van der Waals surface area contributed by atoms with Gasteiger partial charge in [-0.1, -0.05) is 27.7 Å². The first kappa shape index (κ1) is 16.8. The number of rotatable bonds is 2. The van der Waals surface area contributed by atoms with E-state index >= 15 is 0 Å². The summed E-state index contributed by atoms with van der Waals surface area (Å²) in [5.74, 6) is 0.997. The predicted molar refractivity (Wildman–Crippen MR) is 88.0 cm³/mol. The maximum Gasteiger partial charge on any atom is 0.0672 e. The molecule has 0 aromatic heterocycles. The lowest BCUT2D eigenvalue weighted by molar-refractivity contribution is 0.00987. The van der Waals surface area contributed by atoms with Crippen LogP contribution in [0.15, 0.2) is 0 Å². The maximum absolute atomic E-state index is 9.57. The van der Waals surface area contributed by atoms with E-state index in [1.165, 1.54) is 19.3 Å². The molecule has 4 atom stereocenters. The molecule has 0 N–H and O–H groups in total. The fourth-order valence-corrected chi connectivity index (χ4v) is 4.20. The molecule has 2 aliphatic rings. The van der Waals surface area contributed by atoms with Crippen molar-refractivity contribution in [2.24, 2.45) is 17.3 Å². The number of hydrogen-bond acceptors (Lipinski definition) is 3. The number of hydrogen-bond donors (Lipinski definition) is 0. The Balaban J connectivity index is 2.09. The van der Waals surface area contributed by atoms with Crippen molar-refractivity contribution in [3.8, 4) is 6.07 Å². The first-order valence-corrected chi connectivity index (χ1v) is 8.70. The van der Waals surface area contributed by atoms with Gasteiger partial charge in [-0.15, -0.1) is 0 Å². The van der Waals surface area contributed by atoms with E-state index in [1.807, 2.05) is 0 Å². The molecule has 1 saturated heterocycles. The quantitative estimate of drug-likeness (QED) is 0.781. The van der Waals surface area contributed by atoms with Gasteiger partial charge in [0.25, 0.3) is 0 Å². The highest BCUT2D eigenvalue weighted by molar-refractivity contribution is 5.00. The highest BCUT2D eigenvalue weighted by atomic mass is 15.3. The Bertz CT molecular complexity index is 379. The van der Waals surface area contributed by atoms with Crippen molar-refractivity contribution in [1.82, 2.24) is 9.80 Å². The Morgan fingerprint density at radius 3 is 2.48 bits per heavy atom. The monoisotopic (exact) mass is 291 g/mol. The molecule has 3 heteroatoms. The molecule has 21 heavy (non-hydrogen) atoms. The van der Waals surface area contributed by atoms with Crippen LogP contribution < -0.4 is 0 Å². The van der Waals surface area contributed by atoms with Crippen LogP contribution in [0.2, 0.25) is 0 Å². The Labute approximate surface area is 131 Å². The molecule has 0 bridgehead atoms. The van der Waals surface area contributed by atoms with Gasteiger partial charge in [-0.25, -0.2) is 0 Å². The second kappa shape index (κ2) is 6.67. The molecule has 0 radical (unpaired) electrons. The third-order valence-electron chi connectivity index (χ3n) is 5.96. The van der Waals surface area contributed by atoms with Crippen LogP contribution in [0.5, 0.6) is 0 Å². The molecule has 0 spiro atoms. The van der Waals surface area contributed by atoms with Crippen LogP contribution in [0.25, 0.3) is 0 Å². The van der Waals surface area contributed by atoms with Crippen LogP contribution in [0.4, 0.5) is 0 Å². The van der Waals surface area contributed by atoms with E-state index in [9.17, 15) is 5.26 Å². The maximum atomic E-state index is 9.57. The SMILES string of the molecule is CCC1CN(C2CC(C(C)(C)C)CCC2C#N)CCN1C. The van der Waals surface area contributed by atoms with Gasteiger partial charge in [0.2, 0.25) is 0 Å². The van der Waals surface area contributed by atoms with Gasteiger partial charge in [0.1, 0.15) is 0 Å². The van der Waals surface area contributed by atoms with Crippen molar-refractivity contribution in [3.05, 3.63) is 0 Å². The fourth-order valence-electron chi connectivity index (χ4n) is 4.20. The molecule has 120 valence electrons. The smallest absolute Gasteiger partial charge is 0.0672 e. The Hall–Kier alpha value is -0.590. The summed E-state index contributed by atoms with van der Waals surface area (Å²) in [5.41, 5.74) is 0.370. The number of likely N-dealkylation sites (N-methyl/N-ethyl adjacent to an activating group) is 1. The normalized spacial score (nSPS) is 36.4. The third-order valence-corrected chi connectivity index (χ3v) is 5.96. The first-order chi connectivity index (χ1) is 9.86. The molecule has 2 rings (SSSR count). The number of nitriles is 1. The van der Waals surface area contributed by atoms with Gasteiger partial charge in [0.15, 0.2) is 0 Å². The number of piperazine rings is 1. The van der Waals surface area contributed by atoms with Gasteiger partial charge < -0.3 is 4.90 Å². The topological polar surface area (TPSA) is 30.3 Å². The molecular weight excluding hydrogens is 258 g/mol. The Morgan fingerprint density at radius 1 is 1.19 bits per heavy atom. The van der Waals surface area contributed by atoms with Crippen molar-refractivity contribution in [3.63, 3.8) is 0 Å². The van der Waals surface area contributed by atoms with Crippen molar-refractivity contribution in [2.75, 3.05) is 26.7 Å². The molecule has 2 fully saturated rings. The average Bonchev–Trinajstić information content (AvgIpc) is 2.46. The average molecular weight is 291 g/mol. The van der Waals surface area contributed by atoms with Crippen molar-refractivity contribution >= 4 is 0 Å². The van der Waals surface area contributed by atoms with Crippen molar-refractivity contribution in [1.29, 1.82) is 5.26 Å². The zero-order valence-electron chi connectivity index (χ0n) is 14.6. The lowest BCUT2D eigenvalue weighted by atomic mass is 9.67. The fraction of sp³-hybridized carbons (Fsp3) is 0.944. The van der Waals surface area contributed by atoms with E-state index in [2.05, 4.69) is 50.6 Å². The van der Waals surface area contributed by atoms with E-state index in [0.29, 0.717) is 17.5 Å². The summed E-state index contributed by atoms with van der Waals surface area (Å²) in [7, 11) is 2.24. The Morgan fingerprint density at radius 2 is 1.90 bits per heavy atom. The third kappa shape index (κ3) is 3.79.